The lowest BCUT2D eigenvalue weighted by Gasteiger charge is -2.27. The fourth-order valence-electron chi connectivity index (χ4n) is 2.30. The molecule has 0 aromatic carbocycles. The van der Waals surface area contributed by atoms with Crippen molar-refractivity contribution in [3.8, 4) is 0 Å². The summed E-state index contributed by atoms with van der Waals surface area (Å²) < 4.78 is 5.11. The highest BCUT2D eigenvalue weighted by Gasteiger charge is 2.22. The topological polar surface area (TPSA) is 21.6 Å². The Kier molecular flexibility index (Phi) is 4.59. The summed E-state index contributed by atoms with van der Waals surface area (Å²) in [6.45, 7) is 7.47. The zero-order chi connectivity index (χ0) is 10.6. The highest BCUT2D eigenvalue weighted by atomic mass is 16.5. The molecule has 0 heterocycles. The van der Waals surface area contributed by atoms with E-state index < -0.39 is 0 Å². The molecule has 82 valence electrons. The van der Waals surface area contributed by atoms with Gasteiger partial charge >= 0.3 is 0 Å². The molecule has 0 spiro atoms. The average Bonchev–Trinajstić information content (AvgIpc) is 2.12. The van der Waals surface area contributed by atoms with Crippen LogP contribution < -0.4 is 0 Å². The van der Waals surface area contributed by atoms with E-state index >= 15 is 0 Å². The lowest BCUT2D eigenvalue weighted by atomic mass is 9.81. The van der Waals surface area contributed by atoms with Gasteiger partial charge in [0.1, 0.15) is 0 Å². The van der Waals surface area contributed by atoms with Crippen molar-refractivity contribution in [3.05, 3.63) is 0 Å². The monoisotopic (exact) mass is 197 g/mol. The van der Waals surface area contributed by atoms with E-state index in [1.807, 2.05) is 0 Å². The Morgan fingerprint density at radius 3 is 2.43 bits per heavy atom. The second-order valence-electron chi connectivity index (χ2n) is 4.59. The van der Waals surface area contributed by atoms with Crippen LogP contribution in [-0.4, -0.2) is 25.5 Å². The normalized spacial score (nSPS) is 30.1. The quantitative estimate of drug-likeness (QED) is 0.681. The van der Waals surface area contributed by atoms with Crippen LogP contribution >= 0.6 is 0 Å². The van der Waals surface area contributed by atoms with Crippen molar-refractivity contribution < 1.29 is 4.74 Å². The van der Waals surface area contributed by atoms with E-state index in [0.717, 1.165) is 6.61 Å². The van der Waals surface area contributed by atoms with Gasteiger partial charge in [-0.25, -0.2) is 0 Å². The van der Waals surface area contributed by atoms with Crippen molar-refractivity contribution in [3.63, 3.8) is 0 Å². The third-order valence-electron chi connectivity index (χ3n) is 3.06. The van der Waals surface area contributed by atoms with Gasteiger partial charge in [-0.1, -0.05) is 20.3 Å². The van der Waals surface area contributed by atoms with Crippen LogP contribution in [0.2, 0.25) is 0 Å². The van der Waals surface area contributed by atoms with Gasteiger partial charge in [-0.05, 0) is 31.6 Å². The maximum absolute atomic E-state index is 5.11. The first-order chi connectivity index (χ1) is 6.65. The van der Waals surface area contributed by atoms with Crippen molar-refractivity contribution in [2.45, 2.75) is 46.1 Å². The third-order valence-corrected chi connectivity index (χ3v) is 3.06. The number of nitrogens with zero attached hydrogens (tertiary/aromatic N) is 1. The molecule has 0 aliphatic heterocycles. The standard InChI is InChI=1S/C12H23NO/c1-9-6-5-7-10(2)12(9)13-11(3)8-14-4/h9-11H,5-8H2,1-4H3. The fraction of sp³-hybridized carbons (Fsp3) is 0.917. The van der Waals surface area contributed by atoms with Crippen LogP contribution in [0, 0.1) is 11.8 Å². The van der Waals surface area contributed by atoms with Gasteiger partial charge in [-0.15, -0.1) is 0 Å². The summed E-state index contributed by atoms with van der Waals surface area (Å²) in [5.74, 6) is 1.36. The van der Waals surface area contributed by atoms with Crippen molar-refractivity contribution in [2.24, 2.45) is 16.8 Å². The molecule has 0 N–H and O–H groups in total. The molecule has 0 aromatic rings. The molecule has 0 bridgehead atoms. The molecule has 3 atom stereocenters. The summed E-state index contributed by atoms with van der Waals surface area (Å²) >= 11 is 0. The molecular formula is C12H23NO. The first kappa shape index (κ1) is 11.7. The minimum absolute atomic E-state index is 0.318. The number of methoxy groups -OCH3 is 1. The summed E-state index contributed by atoms with van der Waals surface area (Å²) in [6.07, 6.45) is 3.98. The van der Waals surface area contributed by atoms with E-state index in [9.17, 15) is 0 Å². The highest BCUT2D eigenvalue weighted by Crippen LogP contribution is 2.26. The maximum atomic E-state index is 5.11. The Labute approximate surface area is 87.8 Å². The van der Waals surface area contributed by atoms with E-state index in [1.54, 1.807) is 7.11 Å². The van der Waals surface area contributed by atoms with E-state index in [-0.39, 0.29) is 0 Å². The SMILES string of the molecule is COCC(C)N=C1C(C)CCCC1C. The number of rotatable bonds is 3. The van der Waals surface area contributed by atoms with Crippen LogP contribution in [0.1, 0.15) is 40.0 Å². The zero-order valence-electron chi connectivity index (χ0n) is 9.92. The zero-order valence-corrected chi connectivity index (χ0v) is 9.92. The van der Waals surface area contributed by atoms with Crippen molar-refractivity contribution in [1.82, 2.24) is 0 Å². The van der Waals surface area contributed by atoms with Gasteiger partial charge in [0.05, 0.1) is 12.6 Å². The second kappa shape index (κ2) is 5.50. The van der Waals surface area contributed by atoms with Gasteiger partial charge in [0.15, 0.2) is 0 Å². The predicted molar refractivity (Wildman–Crippen MR) is 61.0 cm³/mol. The molecule has 0 aromatic heterocycles. The molecular weight excluding hydrogens is 174 g/mol. The molecule has 1 saturated carbocycles. The Hall–Kier alpha value is -0.370. The molecule has 0 radical (unpaired) electrons. The molecule has 1 fully saturated rings. The molecule has 3 unspecified atom stereocenters. The fourth-order valence-corrected chi connectivity index (χ4v) is 2.30. The number of hydrogen-bond donors (Lipinski definition) is 0. The molecule has 1 aliphatic rings. The van der Waals surface area contributed by atoms with E-state index in [4.69, 9.17) is 9.73 Å². The summed E-state index contributed by atoms with van der Waals surface area (Å²) in [7, 11) is 1.74. The van der Waals surface area contributed by atoms with E-state index in [2.05, 4.69) is 20.8 Å². The number of ether oxygens (including phenoxy) is 1. The summed E-state index contributed by atoms with van der Waals surface area (Å²) in [5, 5.41) is 0. The average molecular weight is 197 g/mol. The Morgan fingerprint density at radius 1 is 1.36 bits per heavy atom. The van der Waals surface area contributed by atoms with Crippen LogP contribution in [0.3, 0.4) is 0 Å². The second-order valence-corrected chi connectivity index (χ2v) is 4.59. The van der Waals surface area contributed by atoms with Crippen LogP contribution in [0.15, 0.2) is 4.99 Å². The maximum Gasteiger partial charge on any atom is 0.0704 e. The summed E-state index contributed by atoms with van der Waals surface area (Å²) in [6, 6.07) is 0.318. The highest BCUT2D eigenvalue weighted by molar-refractivity contribution is 5.89. The van der Waals surface area contributed by atoms with Crippen molar-refractivity contribution in [2.75, 3.05) is 13.7 Å². The first-order valence-electron chi connectivity index (χ1n) is 5.71. The molecule has 1 rings (SSSR count). The lowest BCUT2D eigenvalue weighted by Crippen LogP contribution is -2.27. The Morgan fingerprint density at radius 2 is 1.93 bits per heavy atom. The van der Waals surface area contributed by atoms with Gasteiger partial charge in [-0.3, -0.25) is 4.99 Å². The third kappa shape index (κ3) is 3.09. The van der Waals surface area contributed by atoms with Gasteiger partial charge < -0.3 is 4.74 Å². The molecule has 14 heavy (non-hydrogen) atoms. The van der Waals surface area contributed by atoms with Crippen LogP contribution in [0.5, 0.6) is 0 Å². The largest absolute Gasteiger partial charge is 0.382 e. The lowest BCUT2D eigenvalue weighted by molar-refractivity contribution is 0.185. The molecule has 0 amide bonds. The number of aliphatic imine (C=N–C) groups is 1. The molecule has 2 heteroatoms. The van der Waals surface area contributed by atoms with Crippen LogP contribution in [0.25, 0.3) is 0 Å². The van der Waals surface area contributed by atoms with E-state index in [1.165, 1.54) is 25.0 Å². The minimum atomic E-state index is 0.318. The van der Waals surface area contributed by atoms with Crippen molar-refractivity contribution in [1.29, 1.82) is 0 Å². The first-order valence-corrected chi connectivity index (χ1v) is 5.71. The Balaban J connectivity index is 2.61. The van der Waals surface area contributed by atoms with Gasteiger partial charge in [0.25, 0.3) is 0 Å². The molecule has 0 saturated heterocycles. The van der Waals surface area contributed by atoms with Gasteiger partial charge in [-0.2, -0.15) is 0 Å². The van der Waals surface area contributed by atoms with Gasteiger partial charge in [0, 0.05) is 12.8 Å². The summed E-state index contributed by atoms with van der Waals surface area (Å²) in [5.41, 5.74) is 1.42. The van der Waals surface area contributed by atoms with Crippen LogP contribution in [-0.2, 0) is 4.74 Å². The number of hydrogen-bond acceptors (Lipinski definition) is 2. The van der Waals surface area contributed by atoms with Crippen molar-refractivity contribution >= 4 is 5.71 Å². The predicted octanol–water partition coefficient (Wildman–Crippen LogP) is 2.92. The van der Waals surface area contributed by atoms with Gasteiger partial charge in [0.2, 0.25) is 0 Å². The van der Waals surface area contributed by atoms with Crippen LogP contribution in [0.4, 0.5) is 0 Å². The summed E-state index contributed by atoms with van der Waals surface area (Å²) in [4.78, 5) is 4.78. The molecule has 2 nitrogen and oxygen atoms in total. The Bertz CT molecular complexity index is 188. The molecule has 1 aliphatic carbocycles. The smallest absolute Gasteiger partial charge is 0.0704 e. The minimum Gasteiger partial charge on any atom is -0.382 e. The van der Waals surface area contributed by atoms with E-state index in [0.29, 0.717) is 17.9 Å².